The Morgan fingerprint density at radius 1 is 1.20 bits per heavy atom. The summed E-state index contributed by atoms with van der Waals surface area (Å²) in [7, 11) is 1.38. The molecule has 0 unspecified atom stereocenters. The highest BCUT2D eigenvalue weighted by molar-refractivity contribution is 5.89. The van der Waals surface area contributed by atoms with Crippen molar-refractivity contribution in [1.29, 1.82) is 0 Å². The van der Waals surface area contributed by atoms with Crippen molar-refractivity contribution in [2.24, 2.45) is 0 Å². The molecular formula is C20H20N2O3. The number of methoxy groups -OCH3 is 1. The van der Waals surface area contributed by atoms with Crippen molar-refractivity contribution in [2.45, 2.75) is 19.6 Å². The molecule has 0 atom stereocenters. The summed E-state index contributed by atoms with van der Waals surface area (Å²) in [6, 6.07) is 13.4. The number of nitrogens with one attached hydrogen (secondary N) is 2. The van der Waals surface area contributed by atoms with E-state index in [1.807, 2.05) is 18.2 Å². The largest absolute Gasteiger partial charge is 0.489 e. The molecule has 128 valence electrons. The average molecular weight is 336 g/mol. The van der Waals surface area contributed by atoms with Gasteiger partial charge in [0.05, 0.1) is 12.7 Å². The van der Waals surface area contributed by atoms with E-state index < -0.39 is 0 Å². The third kappa shape index (κ3) is 3.10. The Morgan fingerprint density at radius 2 is 2.12 bits per heavy atom. The second-order valence-corrected chi connectivity index (χ2v) is 6.20. The molecule has 1 aromatic heterocycles. The fraction of sp³-hybridized carbons (Fsp3) is 0.250. The first-order valence-electron chi connectivity index (χ1n) is 8.39. The monoisotopic (exact) mass is 336 g/mol. The van der Waals surface area contributed by atoms with Crippen LogP contribution in [0.1, 0.15) is 27.2 Å². The van der Waals surface area contributed by atoms with Crippen LogP contribution >= 0.6 is 0 Å². The van der Waals surface area contributed by atoms with Gasteiger partial charge in [0.1, 0.15) is 12.4 Å². The van der Waals surface area contributed by atoms with E-state index in [0.717, 1.165) is 36.3 Å². The van der Waals surface area contributed by atoms with E-state index in [4.69, 9.17) is 9.47 Å². The van der Waals surface area contributed by atoms with Crippen molar-refractivity contribution in [3.63, 3.8) is 0 Å². The van der Waals surface area contributed by atoms with Crippen molar-refractivity contribution < 1.29 is 14.3 Å². The lowest BCUT2D eigenvalue weighted by Gasteiger charge is -2.12. The third-order valence-corrected chi connectivity index (χ3v) is 4.57. The number of rotatable bonds is 4. The summed E-state index contributed by atoms with van der Waals surface area (Å²) in [4.78, 5) is 15.1. The summed E-state index contributed by atoms with van der Waals surface area (Å²) in [6.45, 7) is 2.30. The molecule has 2 heterocycles. The SMILES string of the molecule is COC(=O)c1cccc(COc2ccc3[nH]c4c(c3c2)CCNC4)c1. The number of aromatic nitrogens is 1. The number of aromatic amines is 1. The summed E-state index contributed by atoms with van der Waals surface area (Å²) >= 11 is 0. The lowest BCUT2D eigenvalue weighted by Crippen LogP contribution is -2.22. The van der Waals surface area contributed by atoms with Gasteiger partial charge in [-0.05, 0) is 54.4 Å². The third-order valence-electron chi connectivity index (χ3n) is 4.57. The highest BCUT2D eigenvalue weighted by atomic mass is 16.5. The minimum Gasteiger partial charge on any atom is -0.489 e. The Balaban J connectivity index is 1.54. The Morgan fingerprint density at radius 3 is 3.00 bits per heavy atom. The zero-order valence-electron chi connectivity index (χ0n) is 14.1. The molecule has 2 N–H and O–H groups in total. The number of hydrogen-bond donors (Lipinski definition) is 2. The van der Waals surface area contributed by atoms with Crippen LogP contribution in [0.25, 0.3) is 10.9 Å². The average Bonchev–Trinajstić information content (AvgIpc) is 3.04. The standard InChI is InChI=1S/C20H20N2O3/c1-24-20(23)14-4-2-3-13(9-14)12-25-15-5-6-18-17(10-15)16-7-8-21-11-19(16)22-18/h2-6,9-10,21-22H,7-8,11-12H2,1H3. The van der Waals surface area contributed by atoms with Gasteiger partial charge in [0.2, 0.25) is 0 Å². The molecule has 2 aromatic carbocycles. The molecular weight excluding hydrogens is 316 g/mol. The Labute approximate surface area is 146 Å². The van der Waals surface area contributed by atoms with Gasteiger partial charge in [0.15, 0.2) is 0 Å². The van der Waals surface area contributed by atoms with Crippen LogP contribution in [0.4, 0.5) is 0 Å². The van der Waals surface area contributed by atoms with E-state index in [1.165, 1.54) is 23.8 Å². The molecule has 0 radical (unpaired) electrons. The Kier molecular flexibility index (Phi) is 4.15. The molecule has 4 rings (SSSR count). The number of hydrogen-bond acceptors (Lipinski definition) is 4. The maximum Gasteiger partial charge on any atom is 0.337 e. The van der Waals surface area contributed by atoms with Gasteiger partial charge < -0.3 is 19.8 Å². The van der Waals surface area contributed by atoms with Crippen LogP contribution in [0.5, 0.6) is 5.75 Å². The first kappa shape index (κ1) is 15.7. The number of fused-ring (bicyclic) bond motifs is 3. The second-order valence-electron chi connectivity index (χ2n) is 6.20. The Hall–Kier alpha value is -2.79. The molecule has 1 aliphatic heterocycles. The normalized spacial score (nSPS) is 13.5. The maximum atomic E-state index is 11.6. The van der Waals surface area contributed by atoms with E-state index >= 15 is 0 Å². The van der Waals surface area contributed by atoms with Crippen molar-refractivity contribution in [3.05, 3.63) is 64.8 Å². The molecule has 0 saturated heterocycles. The summed E-state index contributed by atoms with van der Waals surface area (Å²) in [6.07, 6.45) is 1.03. The minimum absolute atomic E-state index is 0.337. The highest BCUT2D eigenvalue weighted by Crippen LogP contribution is 2.28. The van der Waals surface area contributed by atoms with Crippen LogP contribution in [0.3, 0.4) is 0 Å². The summed E-state index contributed by atoms with van der Waals surface area (Å²) in [5.74, 6) is 0.493. The van der Waals surface area contributed by atoms with Crippen LogP contribution in [0.15, 0.2) is 42.5 Å². The predicted octanol–water partition coefficient (Wildman–Crippen LogP) is 3.18. The Bertz CT molecular complexity index is 930. The number of esters is 1. The molecule has 1 aliphatic rings. The van der Waals surface area contributed by atoms with Crippen LogP contribution in [0.2, 0.25) is 0 Å². The maximum absolute atomic E-state index is 11.6. The molecule has 0 fully saturated rings. The summed E-state index contributed by atoms with van der Waals surface area (Å²) in [5, 5.41) is 4.62. The quantitative estimate of drug-likeness (QED) is 0.718. The van der Waals surface area contributed by atoms with Crippen molar-refractivity contribution in [1.82, 2.24) is 10.3 Å². The van der Waals surface area contributed by atoms with Crippen LogP contribution in [-0.2, 0) is 24.3 Å². The van der Waals surface area contributed by atoms with Gasteiger partial charge in [0.25, 0.3) is 0 Å². The molecule has 5 nitrogen and oxygen atoms in total. The number of ether oxygens (including phenoxy) is 2. The zero-order chi connectivity index (χ0) is 17.2. The fourth-order valence-corrected chi connectivity index (χ4v) is 3.31. The molecule has 25 heavy (non-hydrogen) atoms. The fourth-order valence-electron chi connectivity index (χ4n) is 3.31. The lowest BCUT2D eigenvalue weighted by atomic mass is 10.0. The van der Waals surface area contributed by atoms with Crippen LogP contribution in [-0.4, -0.2) is 24.6 Å². The highest BCUT2D eigenvalue weighted by Gasteiger charge is 2.15. The van der Waals surface area contributed by atoms with Crippen LogP contribution < -0.4 is 10.1 Å². The van der Waals surface area contributed by atoms with Crippen molar-refractivity contribution in [3.8, 4) is 5.75 Å². The van der Waals surface area contributed by atoms with E-state index in [-0.39, 0.29) is 5.97 Å². The number of benzene rings is 2. The van der Waals surface area contributed by atoms with Gasteiger partial charge in [-0.25, -0.2) is 4.79 Å². The number of carbonyl (C=O) groups is 1. The topological polar surface area (TPSA) is 63.4 Å². The smallest absolute Gasteiger partial charge is 0.337 e. The zero-order valence-corrected chi connectivity index (χ0v) is 14.1. The van der Waals surface area contributed by atoms with Gasteiger partial charge in [-0.3, -0.25) is 0 Å². The second kappa shape index (κ2) is 6.61. The molecule has 0 bridgehead atoms. The first-order chi connectivity index (χ1) is 12.2. The lowest BCUT2D eigenvalue weighted by molar-refractivity contribution is 0.0600. The molecule has 0 spiro atoms. The molecule has 0 amide bonds. The van der Waals surface area contributed by atoms with Gasteiger partial charge >= 0.3 is 5.97 Å². The van der Waals surface area contributed by atoms with E-state index in [2.05, 4.69) is 22.4 Å². The van der Waals surface area contributed by atoms with Crippen molar-refractivity contribution in [2.75, 3.05) is 13.7 Å². The molecule has 0 saturated carbocycles. The summed E-state index contributed by atoms with van der Waals surface area (Å²) < 4.78 is 10.7. The molecule has 3 aromatic rings. The van der Waals surface area contributed by atoms with Gasteiger partial charge in [-0.2, -0.15) is 0 Å². The van der Waals surface area contributed by atoms with E-state index in [0.29, 0.717) is 12.2 Å². The number of carbonyl (C=O) groups excluding carboxylic acids is 1. The molecule has 5 heteroatoms. The molecule has 0 aliphatic carbocycles. The van der Waals surface area contributed by atoms with Crippen molar-refractivity contribution >= 4 is 16.9 Å². The predicted molar refractivity (Wildman–Crippen MR) is 95.8 cm³/mol. The summed E-state index contributed by atoms with van der Waals surface area (Å²) in [5.41, 5.74) is 5.26. The van der Waals surface area contributed by atoms with Gasteiger partial charge in [0, 0.05) is 23.1 Å². The van der Waals surface area contributed by atoms with E-state index in [1.54, 1.807) is 12.1 Å². The van der Waals surface area contributed by atoms with E-state index in [9.17, 15) is 4.79 Å². The first-order valence-corrected chi connectivity index (χ1v) is 8.39. The van der Waals surface area contributed by atoms with Crippen LogP contribution in [0, 0.1) is 0 Å². The van der Waals surface area contributed by atoms with Gasteiger partial charge in [-0.15, -0.1) is 0 Å². The number of H-pyrrole nitrogens is 1. The minimum atomic E-state index is -0.337. The van der Waals surface area contributed by atoms with Gasteiger partial charge in [-0.1, -0.05) is 12.1 Å².